The Kier molecular flexibility index (Phi) is 6.33. The van der Waals surface area contributed by atoms with Gasteiger partial charge in [-0.25, -0.2) is 0 Å². The van der Waals surface area contributed by atoms with Crippen molar-refractivity contribution >= 4 is 29.3 Å². The molecule has 0 bridgehead atoms. The maximum absolute atomic E-state index is 13.3. The Labute approximate surface area is 181 Å². The monoisotopic (exact) mass is 427 g/mol. The molecule has 3 aliphatic heterocycles. The maximum atomic E-state index is 13.3. The molecule has 1 atom stereocenters. The fourth-order valence-electron chi connectivity index (χ4n) is 4.63. The third-order valence-corrected chi connectivity index (χ3v) is 6.34. The number of fused-ring (bicyclic) bond motifs is 1. The Balaban J connectivity index is 1.47. The third kappa shape index (κ3) is 4.20. The van der Waals surface area contributed by atoms with Crippen LogP contribution in [0, 0.1) is 0 Å². The number of benzene rings is 1. The van der Waals surface area contributed by atoms with E-state index >= 15 is 0 Å². The highest BCUT2D eigenvalue weighted by molar-refractivity contribution is 6.25. The van der Waals surface area contributed by atoms with Gasteiger partial charge >= 0.3 is 0 Å². The molecular weight excluding hydrogens is 398 g/mol. The summed E-state index contributed by atoms with van der Waals surface area (Å²) >= 11 is 0. The number of carbonyl (C=O) groups is 4. The van der Waals surface area contributed by atoms with Crippen molar-refractivity contribution in [1.29, 1.82) is 0 Å². The quantitative estimate of drug-likeness (QED) is 0.476. The van der Waals surface area contributed by atoms with Gasteiger partial charge in [-0.1, -0.05) is 12.5 Å². The summed E-state index contributed by atoms with van der Waals surface area (Å²) in [5.74, 6) is -1.88. The summed E-state index contributed by atoms with van der Waals surface area (Å²) < 4.78 is 0. The van der Waals surface area contributed by atoms with Crippen molar-refractivity contribution in [3.63, 3.8) is 0 Å². The second-order valence-corrected chi connectivity index (χ2v) is 8.32. The zero-order valence-corrected chi connectivity index (χ0v) is 17.6. The fraction of sp³-hybridized carbons (Fsp3) is 0.545. The van der Waals surface area contributed by atoms with Crippen molar-refractivity contribution in [2.75, 3.05) is 44.2 Å². The Morgan fingerprint density at radius 1 is 0.968 bits per heavy atom. The Hall–Kier alpha value is -2.78. The van der Waals surface area contributed by atoms with Gasteiger partial charge in [0.25, 0.3) is 11.8 Å². The number of nitrogens with one attached hydrogen (secondary N) is 1. The molecule has 3 heterocycles. The van der Waals surface area contributed by atoms with Gasteiger partial charge in [-0.05, 0) is 44.5 Å². The first kappa shape index (κ1) is 21.5. The molecule has 2 fully saturated rings. The van der Waals surface area contributed by atoms with Crippen molar-refractivity contribution in [2.45, 2.75) is 38.1 Å². The standard InChI is InChI=1S/C22H29N5O4/c23-9-2-1-3-10-25-11-13-26(14-12-25)16-6-4-5-15-19(16)22(31)27(21(15)30)17-7-8-18(28)24-20(17)29/h4-6,17H,1-3,7-14,23H2,(H,24,28,29). The number of hydrogen-bond donors (Lipinski definition) is 2. The molecule has 0 spiro atoms. The van der Waals surface area contributed by atoms with Gasteiger partial charge in [0.15, 0.2) is 0 Å². The number of nitrogens with two attached hydrogens (primary N) is 1. The molecule has 4 rings (SSSR count). The number of piperazine rings is 1. The van der Waals surface area contributed by atoms with Crippen LogP contribution in [0.25, 0.3) is 0 Å². The lowest BCUT2D eigenvalue weighted by Gasteiger charge is -2.36. The van der Waals surface area contributed by atoms with E-state index in [4.69, 9.17) is 5.73 Å². The average molecular weight is 428 g/mol. The van der Waals surface area contributed by atoms with Crippen LogP contribution in [-0.4, -0.2) is 78.7 Å². The van der Waals surface area contributed by atoms with Gasteiger partial charge in [0.2, 0.25) is 11.8 Å². The van der Waals surface area contributed by atoms with Gasteiger partial charge < -0.3 is 10.6 Å². The number of amides is 4. The minimum absolute atomic E-state index is 0.115. The zero-order valence-electron chi connectivity index (χ0n) is 17.6. The van der Waals surface area contributed by atoms with E-state index in [0.29, 0.717) is 11.1 Å². The molecule has 0 saturated carbocycles. The van der Waals surface area contributed by atoms with Crippen molar-refractivity contribution in [3.05, 3.63) is 29.3 Å². The van der Waals surface area contributed by atoms with Crippen LogP contribution in [0.5, 0.6) is 0 Å². The van der Waals surface area contributed by atoms with Crippen LogP contribution in [0.3, 0.4) is 0 Å². The largest absolute Gasteiger partial charge is 0.368 e. The molecule has 0 aromatic heterocycles. The predicted molar refractivity (Wildman–Crippen MR) is 115 cm³/mol. The van der Waals surface area contributed by atoms with Gasteiger partial charge in [-0.2, -0.15) is 0 Å². The van der Waals surface area contributed by atoms with E-state index in [1.54, 1.807) is 12.1 Å². The zero-order chi connectivity index (χ0) is 22.0. The average Bonchev–Trinajstić information content (AvgIpc) is 3.02. The molecule has 3 N–H and O–H groups in total. The predicted octanol–water partition coefficient (Wildman–Crippen LogP) is 0.339. The highest BCUT2D eigenvalue weighted by Gasteiger charge is 2.46. The van der Waals surface area contributed by atoms with E-state index in [2.05, 4.69) is 15.1 Å². The molecule has 4 amide bonds. The lowest BCUT2D eigenvalue weighted by Crippen LogP contribution is -2.54. The lowest BCUT2D eigenvalue weighted by molar-refractivity contribution is -0.136. The third-order valence-electron chi connectivity index (χ3n) is 6.34. The van der Waals surface area contributed by atoms with Crippen LogP contribution in [0.1, 0.15) is 52.8 Å². The van der Waals surface area contributed by atoms with Gasteiger partial charge in [0.1, 0.15) is 6.04 Å². The van der Waals surface area contributed by atoms with Crippen molar-refractivity contribution in [3.8, 4) is 0 Å². The minimum atomic E-state index is -0.941. The highest BCUT2D eigenvalue weighted by atomic mass is 16.2. The van der Waals surface area contributed by atoms with E-state index in [0.717, 1.165) is 69.1 Å². The second kappa shape index (κ2) is 9.15. The summed E-state index contributed by atoms with van der Waals surface area (Å²) in [6.45, 7) is 5.11. The molecule has 0 aliphatic carbocycles. The highest BCUT2D eigenvalue weighted by Crippen LogP contribution is 2.34. The normalized spacial score (nSPS) is 22.2. The molecule has 2 saturated heterocycles. The molecule has 3 aliphatic rings. The molecule has 0 radical (unpaired) electrons. The van der Waals surface area contributed by atoms with Gasteiger partial charge in [0, 0.05) is 32.6 Å². The van der Waals surface area contributed by atoms with Crippen molar-refractivity contribution in [2.24, 2.45) is 5.73 Å². The van der Waals surface area contributed by atoms with Crippen LogP contribution < -0.4 is 16.0 Å². The number of imide groups is 2. The number of rotatable bonds is 7. The first-order chi connectivity index (χ1) is 15.0. The number of hydrogen-bond acceptors (Lipinski definition) is 7. The van der Waals surface area contributed by atoms with Crippen LogP contribution in [0.15, 0.2) is 18.2 Å². The molecule has 31 heavy (non-hydrogen) atoms. The topological polar surface area (TPSA) is 116 Å². The molecule has 9 heteroatoms. The van der Waals surface area contributed by atoms with Crippen LogP contribution in [0.2, 0.25) is 0 Å². The number of piperidine rings is 1. The summed E-state index contributed by atoms with van der Waals surface area (Å²) in [6, 6.07) is 4.35. The van der Waals surface area contributed by atoms with Crippen LogP contribution in [0.4, 0.5) is 5.69 Å². The number of carbonyl (C=O) groups excluding carboxylic acids is 4. The Morgan fingerprint density at radius 2 is 1.74 bits per heavy atom. The maximum Gasteiger partial charge on any atom is 0.264 e. The molecular formula is C22H29N5O4. The van der Waals surface area contributed by atoms with Gasteiger partial charge in [0.05, 0.1) is 16.8 Å². The lowest BCUT2D eigenvalue weighted by atomic mass is 10.0. The van der Waals surface area contributed by atoms with Crippen molar-refractivity contribution < 1.29 is 19.2 Å². The summed E-state index contributed by atoms with van der Waals surface area (Å²) in [4.78, 5) is 55.6. The van der Waals surface area contributed by atoms with E-state index in [9.17, 15) is 19.2 Å². The van der Waals surface area contributed by atoms with Crippen LogP contribution in [-0.2, 0) is 9.59 Å². The van der Waals surface area contributed by atoms with Gasteiger partial charge in [-0.3, -0.25) is 34.3 Å². The van der Waals surface area contributed by atoms with E-state index in [1.165, 1.54) is 0 Å². The van der Waals surface area contributed by atoms with Crippen LogP contribution >= 0.6 is 0 Å². The van der Waals surface area contributed by atoms with Gasteiger partial charge in [-0.15, -0.1) is 0 Å². The SMILES string of the molecule is NCCCCCN1CCN(c2cccc3c2C(=O)N(C2CCC(=O)NC2=O)C3=O)CC1. The minimum Gasteiger partial charge on any atom is -0.368 e. The number of unbranched alkanes of at least 4 members (excludes halogenated alkanes) is 2. The molecule has 1 aromatic carbocycles. The molecule has 1 aromatic rings. The summed E-state index contributed by atoms with van der Waals surface area (Å²) in [5.41, 5.74) is 7.00. The molecule has 1 unspecified atom stereocenters. The number of anilines is 1. The summed E-state index contributed by atoms with van der Waals surface area (Å²) in [7, 11) is 0. The molecule has 166 valence electrons. The smallest absolute Gasteiger partial charge is 0.264 e. The first-order valence-corrected chi connectivity index (χ1v) is 11.0. The fourth-order valence-corrected chi connectivity index (χ4v) is 4.63. The summed E-state index contributed by atoms with van der Waals surface area (Å²) in [5, 5.41) is 2.23. The van der Waals surface area contributed by atoms with E-state index in [1.807, 2.05) is 6.07 Å². The second-order valence-electron chi connectivity index (χ2n) is 8.32. The van der Waals surface area contributed by atoms with E-state index < -0.39 is 23.8 Å². The van der Waals surface area contributed by atoms with Crippen molar-refractivity contribution in [1.82, 2.24) is 15.1 Å². The first-order valence-electron chi connectivity index (χ1n) is 11.0. The molecule has 9 nitrogen and oxygen atoms in total. The Bertz CT molecular complexity index is 894. The Morgan fingerprint density at radius 3 is 2.45 bits per heavy atom. The summed E-state index contributed by atoms with van der Waals surface area (Å²) in [6.07, 6.45) is 3.59. The van der Waals surface area contributed by atoms with E-state index in [-0.39, 0.29) is 18.7 Å². The number of nitrogens with zero attached hydrogens (tertiary/aromatic N) is 3.